The zero-order valence-corrected chi connectivity index (χ0v) is 26.2. The number of hydrogen-bond donors (Lipinski definition) is 5. The first-order chi connectivity index (χ1) is 20.4. The van der Waals surface area contributed by atoms with Gasteiger partial charge in [0.2, 0.25) is 5.76 Å². The molecule has 0 amide bonds. The van der Waals surface area contributed by atoms with Crippen LogP contribution in [0.15, 0.2) is 11.5 Å². The molecule has 1 rings (SSSR count). The van der Waals surface area contributed by atoms with Gasteiger partial charge in [-0.2, -0.15) is 0 Å². The van der Waals surface area contributed by atoms with E-state index in [1.54, 1.807) is 0 Å². The molecule has 0 aliphatic carbocycles. The highest BCUT2D eigenvalue weighted by Gasteiger charge is 2.43. The molecule has 1 aliphatic heterocycles. The van der Waals surface area contributed by atoms with Crippen molar-refractivity contribution in [1.29, 1.82) is 0 Å². The van der Waals surface area contributed by atoms with Crippen LogP contribution in [0.25, 0.3) is 0 Å². The molecule has 10 heteroatoms. The fourth-order valence-electron chi connectivity index (χ4n) is 5.01. The zero-order chi connectivity index (χ0) is 31.0. The molecule has 10 nitrogen and oxygen atoms in total. The number of carbonyl (C=O) groups excluding carboxylic acids is 1. The van der Waals surface area contributed by atoms with E-state index in [1.807, 2.05) is 0 Å². The van der Waals surface area contributed by atoms with E-state index in [2.05, 4.69) is 13.8 Å². The van der Waals surface area contributed by atoms with Gasteiger partial charge in [-0.25, -0.2) is 4.79 Å². The first-order valence-corrected chi connectivity index (χ1v) is 16.5. The van der Waals surface area contributed by atoms with Crippen molar-refractivity contribution in [2.24, 2.45) is 0 Å². The summed E-state index contributed by atoms with van der Waals surface area (Å²) < 4.78 is 22.4. The number of carbonyl (C=O) groups is 1. The van der Waals surface area contributed by atoms with Crippen LogP contribution in [0.3, 0.4) is 0 Å². The van der Waals surface area contributed by atoms with Gasteiger partial charge in [0.1, 0.15) is 18.3 Å². The van der Waals surface area contributed by atoms with Gasteiger partial charge in [0.05, 0.1) is 25.9 Å². The predicted molar refractivity (Wildman–Crippen MR) is 161 cm³/mol. The Bertz CT molecular complexity index is 701. The molecular weight excluding hydrogens is 544 g/mol. The van der Waals surface area contributed by atoms with Crippen LogP contribution in [0, 0.1) is 0 Å². The summed E-state index contributed by atoms with van der Waals surface area (Å²) in [6, 6.07) is 0. The second-order valence-electron chi connectivity index (χ2n) is 11.5. The number of rotatable bonds is 29. The van der Waals surface area contributed by atoms with Crippen molar-refractivity contribution in [3.05, 3.63) is 11.5 Å². The summed E-state index contributed by atoms with van der Waals surface area (Å²) in [6.45, 7) is 4.18. The molecule has 0 saturated heterocycles. The van der Waals surface area contributed by atoms with Crippen molar-refractivity contribution in [1.82, 2.24) is 0 Å². The Morgan fingerprint density at radius 3 is 1.79 bits per heavy atom. The molecule has 0 bridgehead atoms. The summed E-state index contributed by atoms with van der Waals surface area (Å²) in [5.74, 6) is -2.27. The van der Waals surface area contributed by atoms with Crippen LogP contribution in [0.1, 0.15) is 123 Å². The number of aliphatic hydroxyl groups excluding tert-OH is 5. The lowest BCUT2D eigenvalue weighted by atomic mass is 10.1. The van der Waals surface area contributed by atoms with E-state index in [1.165, 1.54) is 57.8 Å². The molecule has 0 aromatic rings. The summed E-state index contributed by atoms with van der Waals surface area (Å²) in [5, 5.41) is 50.5. The molecule has 5 atom stereocenters. The van der Waals surface area contributed by atoms with Crippen LogP contribution < -0.4 is 0 Å². The average Bonchev–Trinajstić information content (AvgIpc) is 3.27. The third-order valence-electron chi connectivity index (χ3n) is 7.62. The maximum absolute atomic E-state index is 12.0. The van der Waals surface area contributed by atoms with E-state index in [9.17, 15) is 30.3 Å². The zero-order valence-electron chi connectivity index (χ0n) is 26.2. The summed E-state index contributed by atoms with van der Waals surface area (Å²) in [5.41, 5.74) is 0. The molecule has 42 heavy (non-hydrogen) atoms. The van der Waals surface area contributed by atoms with Crippen molar-refractivity contribution in [2.75, 3.05) is 33.0 Å². The van der Waals surface area contributed by atoms with Crippen molar-refractivity contribution in [2.45, 2.75) is 154 Å². The normalized spacial score (nSPS) is 18.2. The Hall–Kier alpha value is -1.43. The van der Waals surface area contributed by atoms with Crippen molar-refractivity contribution < 1.29 is 49.3 Å². The molecule has 1 heterocycles. The van der Waals surface area contributed by atoms with E-state index in [0.29, 0.717) is 13.2 Å². The number of aliphatic hydroxyl groups is 5. The Labute approximate surface area is 253 Å². The minimum atomic E-state index is -1.51. The van der Waals surface area contributed by atoms with Gasteiger partial charge in [-0.1, -0.05) is 104 Å². The van der Waals surface area contributed by atoms with Crippen LogP contribution >= 0.6 is 0 Å². The summed E-state index contributed by atoms with van der Waals surface area (Å²) in [6.07, 6.45) is 12.8. The quantitative estimate of drug-likeness (QED) is 0.0591. The SMILES string of the molecule is CCCCCCCCCCCCOCC(O)CC(OC1=C(O)C(=O)O[C@@H]1[C@@H](O)CO)C(CO)OCCCCCCCC. The molecule has 0 aromatic carbocycles. The molecule has 0 spiro atoms. The molecule has 5 N–H and O–H groups in total. The third-order valence-corrected chi connectivity index (χ3v) is 7.62. The lowest BCUT2D eigenvalue weighted by molar-refractivity contribution is -0.150. The van der Waals surface area contributed by atoms with Gasteiger partial charge in [-0.05, 0) is 12.8 Å². The van der Waals surface area contributed by atoms with E-state index in [-0.39, 0.29) is 18.8 Å². The van der Waals surface area contributed by atoms with Crippen molar-refractivity contribution in [3.8, 4) is 0 Å². The Balaban J connectivity index is 2.59. The summed E-state index contributed by atoms with van der Waals surface area (Å²) >= 11 is 0. The van der Waals surface area contributed by atoms with Crippen LogP contribution in [0.2, 0.25) is 0 Å². The topological polar surface area (TPSA) is 155 Å². The molecule has 248 valence electrons. The highest BCUT2D eigenvalue weighted by atomic mass is 16.6. The predicted octanol–water partition coefficient (Wildman–Crippen LogP) is 4.85. The van der Waals surface area contributed by atoms with E-state index in [0.717, 1.165) is 44.9 Å². The number of esters is 1. The smallest absolute Gasteiger partial charge is 0.378 e. The van der Waals surface area contributed by atoms with Gasteiger partial charge in [-0.3, -0.25) is 0 Å². The molecule has 0 aromatic heterocycles. The minimum Gasteiger partial charge on any atom is -0.499 e. The van der Waals surface area contributed by atoms with Gasteiger partial charge in [0.25, 0.3) is 0 Å². The molecule has 0 saturated carbocycles. The van der Waals surface area contributed by atoms with Gasteiger partial charge in [0, 0.05) is 19.6 Å². The number of hydrogen-bond acceptors (Lipinski definition) is 10. The number of unbranched alkanes of at least 4 members (excludes halogenated alkanes) is 14. The first-order valence-electron chi connectivity index (χ1n) is 16.5. The first kappa shape index (κ1) is 38.6. The van der Waals surface area contributed by atoms with Crippen LogP contribution in [0.4, 0.5) is 0 Å². The summed E-state index contributed by atoms with van der Waals surface area (Å²) in [7, 11) is 0. The lowest BCUT2D eigenvalue weighted by Gasteiger charge is -2.30. The highest BCUT2D eigenvalue weighted by molar-refractivity contribution is 5.89. The maximum atomic E-state index is 12.0. The highest BCUT2D eigenvalue weighted by Crippen LogP contribution is 2.28. The maximum Gasteiger partial charge on any atom is 0.378 e. The molecule has 1 aliphatic rings. The molecule has 0 fully saturated rings. The number of cyclic esters (lactones) is 1. The van der Waals surface area contributed by atoms with Gasteiger partial charge in [-0.15, -0.1) is 0 Å². The van der Waals surface area contributed by atoms with Gasteiger partial charge >= 0.3 is 5.97 Å². The number of ether oxygens (including phenoxy) is 4. The van der Waals surface area contributed by atoms with Crippen LogP contribution in [0.5, 0.6) is 0 Å². The fraction of sp³-hybridized carbons (Fsp3) is 0.906. The van der Waals surface area contributed by atoms with Crippen molar-refractivity contribution in [3.63, 3.8) is 0 Å². The summed E-state index contributed by atoms with van der Waals surface area (Å²) in [4.78, 5) is 12.0. The molecule has 0 radical (unpaired) electrons. The van der Waals surface area contributed by atoms with Crippen LogP contribution in [-0.2, 0) is 23.7 Å². The minimum absolute atomic E-state index is 0.0212. The Morgan fingerprint density at radius 1 is 0.738 bits per heavy atom. The van der Waals surface area contributed by atoms with Gasteiger partial charge in [0.15, 0.2) is 11.9 Å². The lowest BCUT2D eigenvalue weighted by Crippen LogP contribution is -2.41. The largest absolute Gasteiger partial charge is 0.499 e. The molecular formula is C32H60O10. The second kappa shape index (κ2) is 25.0. The standard InChI is InChI=1S/C32H60O10/c1-3-5-7-9-11-12-13-14-15-17-19-39-24-25(35)21-27(28(23-34)40-20-18-16-10-8-6-4-2)41-31-29(37)32(38)42-30(31)26(36)22-33/h25-28,30,33-37H,3-24H2,1-2H3/t25?,26-,27?,28?,30+/m0/s1. The third kappa shape index (κ3) is 16.4. The fourth-order valence-corrected chi connectivity index (χ4v) is 5.01. The molecule has 3 unspecified atom stereocenters. The Kier molecular flexibility index (Phi) is 22.9. The van der Waals surface area contributed by atoms with E-state index < -0.39 is 55.5 Å². The van der Waals surface area contributed by atoms with E-state index in [4.69, 9.17) is 18.9 Å². The van der Waals surface area contributed by atoms with E-state index >= 15 is 0 Å². The average molecular weight is 605 g/mol. The Morgan fingerprint density at radius 2 is 1.26 bits per heavy atom. The van der Waals surface area contributed by atoms with Crippen molar-refractivity contribution >= 4 is 5.97 Å². The van der Waals surface area contributed by atoms with Crippen LogP contribution in [-0.4, -0.2) is 95.1 Å². The van der Waals surface area contributed by atoms with Gasteiger partial charge < -0.3 is 44.5 Å². The second-order valence-corrected chi connectivity index (χ2v) is 11.5. The monoisotopic (exact) mass is 604 g/mol.